The minimum atomic E-state index is -4.06. The van der Waals surface area contributed by atoms with E-state index in [0.717, 1.165) is 43.2 Å². The first kappa shape index (κ1) is 24.0. The fraction of sp³-hybridized carbons (Fsp3) is 0.292. The summed E-state index contributed by atoms with van der Waals surface area (Å²) >= 11 is 6.33. The predicted molar refractivity (Wildman–Crippen MR) is 131 cm³/mol. The third-order valence-electron chi connectivity index (χ3n) is 5.68. The van der Waals surface area contributed by atoms with Crippen molar-refractivity contribution in [1.82, 2.24) is 9.97 Å². The lowest BCUT2D eigenvalue weighted by Crippen LogP contribution is -2.23. The molecule has 178 valence electrons. The summed E-state index contributed by atoms with van der Waals surface area (Å²) in [4.78, 5) is 25.9. The maximum absolute atomic E-state index is 13.0. The van der Waals surface area contributed by atoms with Gasteiger partial charge in [0.05, 0.1) is 16.6 Å². The van der Waals surface area contributed by atoms with Gasteiger partial charge in [-0.15, -0.1) is 0 Å². The summed E-state index contributed by atoms with van der Waals surface area (Å²) in [5, 5.41) is 0.154. The Labute approximate surface area is 203 Å². The van der Waals surface area contributed by atoms with Gasteiger partial charge in [0, 0.05) is 5.56 Å². The molecule has 1 saturated carbocycles. The molecule has 2 aromatic heterocycles. The number of anilines is 2. The highest BCUT2D eigenvalue weighted by molar-refractivity contribution is 7.92. The van der Waals surface area contributed by atoms with Crippen LogP contribution in [0, 0.1) is 12.8 Å². The van der Waals surface area contributed by atoms with Crippen LogP contribution >= 0.6 is 11.6 Å². The molecule has 0 spiro atoms. The first-order chi connectivity index (χ1) is 16.3. The lowest BCUT2D eigenvalue weighted by atomic mass is 9.89. The summed E-state index contributed by atoms with van der Waals surface area (Å²) in [6, 6.07) is 15.0. The van der Waals surface area contributed by atoms with Crippen molar-refractivity contribution in [1.29, 1.82) is 0 Å². The monoisotopic (exact) mass is 500 g/mol. The number of sulfonamides is 1. The third kappa shape index (κ3) is 5.66. The second-order valence-corrected chi connectivity index (χ2v) is 10.2. The lowest BCUT2D eigenvalue weighted by Gasteiger charge is -2.19. The zero-order chi connectivity index (χ0) is 24.1. The van der Waals surface area contributed by atoms with Gasteiger partial charge in [0.15, 0.2) is 10.8 Å². The first-order valence-electron chi connectivity index (χ1n) is 11.0. The molecule has 2 heterocycles. The van der Waals surface area contributed by atoms with Gasteiger partial charge in [-0.2, -0.15) is 8.42 Å². The van der Waals surface area contributed by atoms with E-state index in [1.807, 2.05) is 31.2 Å². The molecule has 0 unspecified atom stereocenters. The van der Waals surface area contributed by atoms with Crippen LogP contribution < -0.4 is 10.2 Å². The number of nitrogens with one attached hydrogen (secondary N) is 2. The van der Waals surface area contributed by atoms with E-state index in [0.29, 0.717) is 10.7 Å². The molecule has 3 aromatic rings. The van der Waals surface area contributed by atoms with Gasteiger partial charge in [0.1, 0.15) is 5.82 Å². The maximum Gasteiger partial charge on any atom is 0.335 e. The highest BCUT2D eigenvalue weighted by Crippen LogP contribution is 2.30. The summed E-state index contributed by atoms with van der Waals surface area (Å²) < 4.78 is 28.4. The zero-order valence-electron chi connectivity index (χ0n) is 18.6. The average molecular weight is 501 g/mol. The number of benzene rings is 1. The van der Waals surface area contributed by atoms with Crippen LogP contribution in [0.5, 0.6) is 0 Å². The van der Waals surface area contributed by atoms with Crippen molar-refractivity contribution in [2.45, 2.75) is 44.1 Å². The summed E-state index contributed by atoms with van der Waals surface area (Å²) in [5.74, 6) is -0.293. The highest BCUT2D eigenvalue weighted by atomic mass is 35.5. The number of aromatic nitrogens is 2. The van der Waals surface area contributed by atoms with Gasteiger partial charge < -0.3 is 4.84 Å². The molecule has 1 aliphatic rings. The average Bonchev–Trinajstić information content (AvgIpc) is 2.85. The number of carbonyl (C=O) groups is 1. The smallest absolute Gasteiger partial charge is 0.335 e. The van der Waals surface area contributed by atoms with Crippen molar-refractivity contribution in [3.63, 3.8) is 0 Å². The van der Waals surface area contributed by atoms with Crippen LogP contribution in [0.15, 0.2) is 59.6 Å². The molecule has 4 rings (SSSR count). The Balaban J connectivity index is 1.49. The van der Waals surface area contributed by atoms with Gasteiger partial charge in [0.25, 0.3) is 10.0 Å². The maximum atomic E-state index is 13.0. The summed E-state index contributed by atoms with van der Waals surface area (Å²) in [7, 11) is -4.06. The van der Waals surface area contributed by atoms with Crippen molar-refractivity contribution < 1.29 is 18.0 Å². The van der Waals surface area contributed by atoms with Crippen LogP contribution in [0.3, 0.4) is 0 Å². The number of hydrogen-bond donors (Lipinski definition) is 2. The molecular weight excluding hydrogens is 476 g/mol. The molecule has 2 N–H and O–H groups in total. The van der Waals surface area contributed by atoms with Crippen LogP contribution in [0.2, 0.25) is 5.02 Å². The Morgan fingerprint density at radius 3 is 2.50 bits per heavy atom. The van der Waals surface area contributed by atoms with Crippen molar-refractivity contribution >= 4 is 39.2 Å². The van der Waals surface area contributed by atoms with E-state index in [2.05, 4.69) is 20.2 Å². The summed E-state index contributed by atoms with van der Waals surface area (Å²) in [5.41, 5.74) is 4.71. The molecule has 10 heteroatoms. The zero-order valence-corrected chi connectivity index (χ0v) is 20.2. The quantitative estimate of drug-likeness (QED) is 0.420. The third-order valence-corrected chi connectivity index (χ3v) is 7.24. The van der Waals surface area contributed by atoms with Crippen LogP contribution in [0.4, 0.5) is 11.6 Å². The van der Waals surface area contributed by atoms with E-state index < -0.39 is 10.0 Å². The molecule has 0 amide bonds. The van der Waals surface area contributed by atoms with E-state index >= 15 is 0 Å². The number of rotatable bonds is 7. The molecule has 1 aliphatic carbocycles. The summed E-state index contributed by atoms with van der Waals surface area (Å²) in [6.07, 6.45) is 4.72. The molecule has 0 atom stereocenters. The van der Waals surface area contributed by atoms with Gasteiger partial charge in [-0.05, 0) is 49.6 Å². The second kappa shape index (κ2) is 10.4. The Morgan fingerprint density at radius 1 is 0.971 bits per heavy atom. The van der Waals surface area contributed by atoms with Crippen LogP contribution in [-0.2, 0) is 19.7 Å². The number of halogens is 1. The number of aryl methyl sites for hydroxylation is 1. The predicted octanol–water partition coefficient (Wildman–Crippen LogP) is 5.36. The van der Waals surface area contributed by atoms with Gasteiger partial charge in [-0.1, -0.05) is 61.2 Å². The Hall–Kier alpha value is -3.17. The number of nitrogens with zero attached hydrogens (tertiary/aromatic N) is 2. The number of pyridine rings is 2. The van der Waals surface area contributed by atoms with Gasteiger partial charge in [0.2, 0.25) is 0 Å². The van der Waals surface area contributed by atoms with E-state index in [4.69, 9.17) is 16.4 Å². The van der Waals surface area contributed by atoms with Crippen molar-refractivity contribution in [3.05, 3.63) is 65.2 Å². The fourth-order valence-electron chi connectivity index (χ4n) is 3.86. The molecule has 0 bridgehead atoms. The Kier molecular flexibility index (Phi) is 7.33. The standard InChI is InChI=1S/C24H25ClN4O4S/c1-16-8-5-6-11-18(16)23-19(25)14-15-21(27-23)29-34(31,32)22-13-7-12-20(26-22)28-33-24(30)17-9-3-2-4-10-17/h5-8,11-15,17H,2-4,9-10H2,1H3,(H,26,28)(H,27,29). The minimum Gasteiger partial charge on any atom is -0.342 e. The second-order valence-electron chi connectivity index (χ2n) is 8.17. The van der Waals surface area contributed by atoms with Gasteiger partial charge in [-0.3, -0.25) is 4.72 Å². The minimum absolute atomic E-state index is 0.103. The number of carbonyl (C=O) groups excluding carboxylic acids is 1. The largest absolute Gasteiger partial charge is 0.342 e. The van der Waals surface area contributed by atoms with Crippen molar-refractivity contribution in [3.8, 4) is 11.3 Å². The van der Waals surface area contributed by atoms with E-state index in [9.17, 15) is 13.2 Å². The van der Waals surface area contributed by atoms with E-state index in [1.54, 1.807) is 6.07 Å². The van der Waals surface area contributed by atoms with E-state index in [1.165, 1.54) is 24.3 Å². The first-order valence-corrected chi connectivity index (χ1v) is 12.9. The molecule has 0 aliphatic heterocycles. The van der Waals surface area contributed by atoms with Crippen LogP contribution in [0.25, 0.3) is 11.3 Å². The normalized spacial score (nSPS) is 14.4. The van der Waals surface area contributed by atoms with Crippen molar-refractivity contribution in [2.75, 3.05) is 10.2 Å². The Morgan fingerprint density at radius 2 is 1.74 bits per heavy atom. The molecule has 0 radical (unpaired) electrons. The molecular formula is C24H25ClN4O4S. The molecule has 1 aromatic carbocycles. The lowest BCUT2D eigenvalue weighted by molar-refractivity contribution is -0.146. The molecule has 34 heavy (non-hydrogen) atoms. The SMILES string of the molecule is Cc1ccccc1-c1nc(NS(=O)(=O)c2cccc(NOC(=O)C3CCCCC3)n2)ccc1Cl. The topological polar surface area (TPSA) is 110 Å². The fourth-order valence-corrected chi connectivity index (χ4v) is 5.04. The van der Waals surface area contributed by atoms with Crippen molar-refractivity contribution in [2.24, 2.45) is 5.92 Å². The Bertz CT molecular complexity index is 1290. The highest BCUT2D eigenvalue weighted by Gasteiger charge is 2.23. The van der Waals surface area contributed by atoms with Crippen LogP contribution in [0.1, 0.15) is 37.7 Å². The van der Waals surface area contributed by atoms with Gasteiger partial charge in [-0.25, -0.2) is 20.2 Å². The molecule has 8 nitrogen and oxygen atoms in total. The number of hydrogen-bond acceptors (Lipinski definition) is 7. The van der Waals surface area contributed by atoms with Gasteiger partial charge >= 0.3 is 5.97 Å². The van der Waals surface area contributed by atoms with E-state index in [-0.39, 0.29) is 28.5 Å². The summed E-state index contributed by atoms with van der Waals surface area (Å²) in [6.45, 7) is 1.92. The molecule has 0 saturated heterocycles. The molecule has 1 fully saturated rings. The van der Waals surface area contributed by atoms with Crippen LogP contribution in [-0.4, -0.2) is 24.4 Å².